The van der Waals surface area contributed by atoms with E-state index in [9.17, 15) is 5.11 Å². The molecule has 4 heteroatoms. The highest BCUT2D eigenvalue weighted by molar-refractivity contribution is 5.42. The number of aromatic nitrogens is 2. The molecule has 0 atom stereocenters. The molecule has 0 spiro atoms. The van der Waals surface area contributed by atoms with Crippen LogP contribution in [0.1, 0.15) is 31.5 Å². The van der Waals surface area contributed by atoms with Crippen LogP contribution in [-0.4, -0.2) is 22.0 Å². The fraction of sp³-hybridized carbons (Fsp3) is 0.400. The van der Waals surface area contributed by atoms with E-state index >= 15 is 0 Å². The van der Waals surface area contributed by atoms with Crippen molar-refractivity contribution in [3.05, 3.63) is 35.5 Å². The van der Waals surface area contributed by atoms with Crippen LogP contribution in [0.3, 0.4) is 0 Å². The molecule has 0 aliphatic carbocycles. The van der Waals surface area contributed by atoms with Gasteiger partial charge in [0.2, 0.25) is 5.88 Å². The summed E-state index contributed by atoms with van der Waals surface area (Å²) in [5, 5.41) is 14.2. The number of ether oxygens (including phenoxy) is 1. The van der Waals surface area contributed by atoms with Gasteiger partial charge in [0, 0.05) is 5.56 Å². The first-order chi connectivity index (χ1) is 9.21. The highest BCUT2D eigenvalue weighted by Crippen LogP contribution is 2.26. The van der Waals surface area contributed by atoms with E-state index in [2.05, 4.69) is 12.0 Å². The van der Waals surface area contributed by atoms with Crippen LogP contribution in [0.2, 0.25) is 0 Å². The summed E-state index contributed by atoms with van der Waals surface area (Å²) in [5.41, 5.74) is 2.98. The summed E-state index contributed by atoms with van der Waals surface area (Å²) in [6.07, 6.45) is 2.72. The quantitative estimate of drug-likeness (QED) is 0.898. The van der Waals surface area contributed by atoms with E-state index in [-0.39, 0.29) is 5.88 Å². The van der Waals surface area contributed by atoms with Gasteiger partial charge in [-0.3, -0.25) is 0 Å². The molecule has 0 fully saturated rings. The minimum Gasteiger partial charge on any atom is -0.497 e. The maximum atomic E-state index is 9.94. The van der Waals surface area contributed by atoms with E-state index in [1.165, 1.54) is 0 Å². The van der Waals surface area contributed by atoms with Crippen LogP contribution in [0.25, 0.3) is 5.69 Å². The van der Waals surface area contributed by atoms with Crippen molar-refractivity contribution in [2.75, 3.05) is 7.11 Å². The first-order valence-electron chi connectivity index (χ1n) is 6.65. The number of nitrogens with zero attached hydrogens (tertiary/aromatic N) is 2. The topological polar surface area (TPSA) is 47.3 Å². The Morgan fingerprint density at radius 2 is 1.89 bits per heavy atom. The fourth-order valence-electron chi connectivity index (χ4n) is 2.27. The minimum atomic E-state index is 0.141. The number of hydrogen-bond acceptors (Lipinski definition) is 3. The van der Waals surface area contributed by atoms with Crippen molar-refractivity contribution >= 4 is 0 Å². The molecule has 102 valence electrons. The van der Waals surface area contributed by atoms with Crippen molar-refractivity contribution < 1.29 is 9.84 Å². The predicted molar refractivity (Wildman–Crippen MR) is 75.2 cm³/mol. The van der Waals surface area contributed by atoms with Crippen molar-refractivity contribution in [1.82, 2.24) is 9.78 Å². The molecule has 1 aromatic carbocycles. The van der Waals surface area contributed by atoms with Gasteiger partial charge in [0.1, 0.15) is 5.75 Å². The molecule has 0 aliphatic heterocycles. The average Bonchev–Trinajstić information content (AvgIpc) is 2.75. The molecule has 2 rings (SSSR count). The Morgan fingerprint density at radius 1 is 1.21 bits per heavy atom. The standard InChI is InChI=1S/C15H20N2O2/c1-4-6-14-13(5-2)15(18)16-17(14)11-7-9-12(19-3)10-8-11/h7-10H,4-6H2,1-3H3,(H,16,18). The first-order valence-corrected chi connectivity index (χ1v) is 6.65. The summed E-state index contributed by atoms with van der Waals surface area (Å²) in [4.78, 5) is 0. The highest BCUT2D eigenvalue weighted by atomic mass is 16.5. The Bertz CT molecular complexity index is 544. The Kier molecular flexibility index (Phi) is 4.10. The van der Waals surface area contributed by atoms with Crippen LogP contribution >= 0.6 is 0 Å². The molecule has 0 aliphatic rings. The van der Waals surface area contributed by atoms with E-state index in [0.717, 1.165) is 42.0 Å². The van der Waals surface area contributed by atoms with Gasteiger partial charge in [-0.2, -0.15) is 0 Å². The van der Waals surface area contributed by atoms with Gasteiger partial charge in [-0.1, -0.05) is 20.3 Å². The van der Waals surface area contributed by atoms with E-state index in [1.807, 2.05) is 35.9 Å². The van der Waals surface area contributed by atoms with E-state index in [1.54, 1.807) is 7.11 Å². The van der Waals surface area contributed by atoms with Crippen LogP contribution in [0, 0.1) is 0 Å². The van der Waals surface area contributed by atoms with Crippen LogP contribution in [0.5, 0.6) is 11.6 Å². The van der Waals surface area contributed by atoms with Crippen molar-refractivity contribution in [1.29, 1.82) is 0 Å². The second-order valence-corrected chi connectivity index (χ2v) is 4.46. The average molecular weight is 260 g/mol. The molecule has 0 amide bonds. The minimum absolute atomic E-state index is 0.141. The third kappa shape index (κ3) is 2.57. The maximum absolute atomic E-state index is 9.94. The molecular formula is C15H20N2O2. The molecule has 0 saturated carbocycles. The molecule has 0 bridgehead atoms. The Morgan fingerprint density at radius 3 is 2.42 bits per heavy atom. The van der Waals surface area contributed by atoms with Crippen LogP contribution in [0.4, 0.5) is 0 Å². The second-order valence-electron chi connectivity index (χ2n) is 4.46. The van der Waals surface area contributed by atoms with Gasteiger partial charge in [-0.05, 0) is 37.1 Å². The van der Waals surface area contributed by atoms with E-state index in [4.69, 9.17) is 4.74 Å². The van der Waals surface area contributed by atoms with Gasteiger partial charge in [0.15, 0.2) is 0 Å². The van der Waals surface area contributed by atoms with E-state index < -0.39 is 0 Å². The highest BCUT2D eigenvalue weighted by Gasteiger charge is 2.16. The molecule has 4 nitrogen and oxygen atoms in total. The lowest BCUT2D eigenvalue weighted by Gasteiger charge is -2.08. The number of hydrogen-bond donors (Lipinski definition) is 1. The first kappa shape index (κ1) is 13.5. The third-order valence-corrected chi connectivity index (χ3v) is 3.23. The summed E-state index contributed by atoms with van der Waals surface area (Å²) in [7, 11) is 1.65. The van der Waals surface area contributed by atoms with Crippen molar-refractivity contribution in [3.8, 4) is 17.3 Å². The molecule has 0 unspecified atom stereocenters. The fourth-order valence-corrected chi connectivity index (χ4v) is 2.27. The summed E-state index contributed by atoms with van der Waals surface area (Å²) < 4.78 is 6.98. The summed E-state index contributed by atoms with van der Waals surface area (Å²) in [6, 6.07) is 7.69. The van der Waals surface area contributed by atoms with Gasteiger partial charge in [-0.15, -0.1) is 5.10 Å². The zero-order valence-electron chi connectivity index (χ0n) is 11.7. The Hall–Kier alpha value is -1.97. The van der Waals surface area contributed by atoms with Crippen LogP contribution in [0.15, 0.2) is 24.3 Å². The zero-order valence-corrected chi connectivity index (χ0v) is 11.7. The molecule has 1 N–H and O–H groups in total. The SMILES string of the molecule is CCCc1c(CC)c(O)nn1-c1ccc(OC)cc1. The number of aromatic hydroxyl groups is 1. The Labute approximate surface area is 113 Å². The predicted octanol–water partition coefficient (Wildman–Crippen LogP) is 3.10. The largest absolute Gasteiger partial charge is 0.497 e. The molecule has 0 saturated heterocycles. The summed E-state index contributed by atoms with van der Waals surface area (Å²) in [6.45, 7) is 4.16. The molecular weight excluding hydrogens is 240 g/mol. The lowest BCUT2D eigenvalue weighted by molar-refractivity contribution is 0.414. The van der Waals surface area contributed by atoms with Gasteiger partial charge in [0.25, 0.3) is 0 Å². The number of methoxy groups -OCH3 is 1. The van der Waals surface area contributed by atoms with Crippen molar-refractivity contribution in [3.63, 3.8) is 0 Å². The summed E-state index contributed by atoms with van der Waals surface area (Å²) in [5.74, 6) is 0.953. The van der Waals surface area contributed by atoms with Gasteiger partial charge < -0.3 is 9.84 Å². The molecule has 0 radical (unpaired) electrons. The van der Waals surface area contributed by atoms with Gasteiger partial charge in [-0.25, -0.2) is 4.68 Å². The molecule has 2 aromatic rings. The zero-order chi connectivity index (χ0) is 13.8. The number of benzene rings is 1. The van der Waals surface area contributed by atoms with Crippen LogP contribution in [-0.2, 0) is 12.8 Å². The van der Waals surface area contributed by atoms with Gasteiger partial charge >= 0.3 is 0 Å². The lowest BCUT2D eigenvalue weighted by Crippen LogP contribution is -2.03. The van der Waals surface area contributed by atoms with E-state index in [0.29, 0.717) is 0 Å². The second kappa shape index (κ2) is 5.78. The van der Waals surface area contributed by atoms with Gasteiger partial charge in [0.05, 0.1) is 18.5 Å². The molecule has 1 heterocycles. The molecule has 19 heavy (non-hydrogen) atoms. The normalized spacial score (nSPS) is 10.7. The van der Waals surface area contributed by atoms with Crippen molar-refractivity contribution in [2.24, 2.45) is 0 Å². The lowest BCUT2D eigenvalue weighted by atomic mass is 10.1. The maximum Gasteiger partial charge on any atom is 0.234 e. The number of rotatable bonds is 5. The Balaban J connectivity index is 2.47. The molecule has 1 aromatic heterocycles. The monoisotopic (exact) mass is 260 g/mol. The third-order valence-electron chi connectivity index (χ3n) is 3.23. The van der Waals surface area contributed by atoms with Crippen LogP contribution < -0.4 is 4.74 Å². The summed E-state index contributed by atoms with van der Waals surface area (Å²) >= 11 is 0. The smallest absolute Gasteiger partial charge is 0.234 e. The van der Waals surface area contributed by atoms with Crippen molar-refractivity contribution in [2.45, 2.75) is 33.1 Å².